The maximum Gasteiger partial charge on any atom is 0.0234 e. The van der Waals surface area contributed by atoms with E-state index in [0.29, 0.717) is 6.04 Å². The number of nitrogens with one attached hydrogen (secondary N) is 1. The molecule has 1 aliphatic rings. The summed E-state index contributed by atoms with van der Waals surface area (Å²) in [6.07, 6.45) is 5.23. The molecule has 1 unspecified atom stereocenters. The van der Waals surface area contributed by atoms with Crippen LogP contribution in [0.25, 0.3) is 0 Å². The van der Waals surface area contributed by atoms with E-state index in [1.54, 1.807) is 0 Å². The number of nitrogens with zero attached hydrogens (tertiary/aromatic N) is 2. The van der Waals surface area contributed by atoms with Crippen LogP contribution in [0.15, 0.2) is 30.3 Å². The monoisotopic (exact) mass is 289 g/mol. The second-order valence-electron chi connectivity index (χ2n) is 6.52. The van der Waals surface area contributed by atoms with Gasteiger partial charge in [0, 0.05) is 19.1 Å². The number of hydrogen-bond acceptors (Lipinski definition) is 3. The van der Waals surface area contributed by atoms with Crippen molar-refractivity contribution in [2.75, 3.05) is 40.3 Å². The second-order valence-corrected chi connectivity index (χ2v) is 6.52. The van der Waals surface area contributed by atoms with Gasteiger partial charge in [0.2, 0.25) is 0 Å². The number of benzene rings is 1. The van der Waals surface area contributed by atoms with Gasteiger partial charge in [-0.2, -0.15) is 0 Å². The Morgan fingerprint density at radius 1 is 1.19 bits per heavy atom. The first-order valence-corrected chi connectivity index (χ1v) is 8.38. The highest BCUT2D eigenvalue weighted by atomic mass is 15.2. The Morgan fingerprint density at radius 3 is 2.76 bits per heavy atom. The molecule has 1 aliphatic heterocycles. The Morgan fingerprint density at radius 2 is 2.00 bits per heavy atom. The molecule has 0 amide bonds. The van der Waals surface area contributed by atoms with Crippen LogP contribution < -0.4 is 5.32 Å². The van der Waals surface area contributed by atoms with Crippen LogP contribution in [0, 0.1) is 0 Å². The standard InChI is InChI=1S/C18H31N3/c1-20(2)13-7-6-12-19-18-11-8-14-21(16-18)15-17-9-4-3-5-10-17/h3-5,9-10,18-19H,6-8,11-16H2,1-2H3. The molecule has 1 heterocycles. The lowest BCUT2D eigenvalue weighted by molar-refractivity contribution is 0.183. The fourth-order valence-corrected chi connectivity index (χ4v) is 3.07. The molecule has 0 bridgehead atoms. The first-order chi connectivity index (χ1) is 10.2. The topological polar surface area (TPSA) is 18.5 Å². The van der Waals surface area contributed by atoms with Crippen LogP contribution in [0.1, 0.15) is 31.2 Å². The lowest BCUT2D eigenvalue weighted by atomic mass is 10.0. The smallest absolute Gasteiger partial charge is 0.0234 e. The third kappa shape index (κ3) is 6.60. The van der Waals surface area contributed by atoms with Crippen LogP contribution in [-0.4, -0.2) is 56.1 Å². The molecule has 2 rings (SSSR count). The summed E-state index contributed by atoms with van der Waals surface area (Å²) in [5, 5.41) is 3.75. The number of hydrogen-bond donors (Lipinski definition) is 1. The Hall–Kier alpha value is -0.900. The van der Waals surface area contributed by atoms with Gasteiger partial charge in [0.1, 0.15) is 0 Å². The normalized spacial score (nSPS) is 20.0. The van der Waals surface area contributed by atoms with Gasteiger partial charge in [0.15, 0.2) is 0 Å². The van der Waals surface area contributed by atoms with Crippen molar-refractivity contribution in [2.24, 2.45) is 0 Å². The average Bonchev–Trinajstić information content (AvgIpc) is 2.48. The minimum atomic E-state index is 0.682. The molecule has 1 atom stereocenters. The van der Waals surface area contributed by atoms with Crippen molar-refractivity contribution in [2.45, 2.75) is 38.3 Å². The predicted octanol–water partition coefficient (Wildman–Crippen LogP) is 2.58. The summed E-state index contributed by atoms with van der Waals surface area (Å²) < 4.78 is 0. The zero-order valence-corrected chi connectivity index (χ0v) is 13.7. The highest BCUT2D eigenvalue weighted by Gasteiger charge is 2.19. The predicted molar refractivity (Wildman–Crippen MR) is 90.5 cm³/mol. The van der Waals surface area contributed by atoms with Crippen molar-refractivity contribution in [1.29, 1.82) is 0 Å². The maximum atomic E-state index is 3.75. The molecular formula is C18H31N3. The summed E-state index contributed by atoms with van der Waals surface area (Å²) in [5.41, 5.74) is 1.43. The van der Waals surface area contributed by atoms with Gasteiger partial charge in [-0.25, -0.2) is 0 Å². The fraction of sp³-hybridized carbons (Fsp3) is 0.667. The van der Waals surface area contributed by atoms with Gasteiger partial charge in [-0.05, 0) is 65.0 Å². The Balaban J connectivity index is 1.64. The van der Waals surface area contributed by atoms with Crippen molar-refractivity contribution < 1.29 is 0 Å². The number of unbranched alkanes of at least 4 members (excludes halogenated alkanes) is 1. The maximum absolute atomic E-state index is 3.75. The molecule has 0 aromatic heterocycles. The fourth-order valence-electron chi connectivity index (χ4n) is 3.07. The SMILES string of the molecule is CN(C)CCCCNC1CCCN(Cc2ccccc2)C1. The van der Waals surface area contributed by atoms with E-state index in [-0.39, 0.29) is 0 Å². The van der Waals surface area contributed by atoms with E-state index in [1.165, 1.54) is 50.9 Å². The minimum absolute atomic E-state index is 0.682. The summed E-state index contributed by atoms with van der Waals surface area (Å²) in [5.74, 6) is 0. The first-order valence-electron chi connectivity index (χ1n) is 8.38. The third-order valence-electron chi connectivity index (χ3n) is 4.22. The van der Waals surface area contributed by atoms with E-state index in [2.05, 4.69) is 59.5 Å². The van der Waals surface area contributed by atoms with Gasteiger partial charge in [-0.15, -0.1) is 0 Å². The summed E-state index contributed by atoms with van der Waals surface area (Å²) >= 11 is 0. The lowest BCUT2D eigenvalue weighted by Gasteiger charge is -2.33. The molecule has 118 valence electrons. The highest BCUT2D eigenvalue weighted by molar-refractivity contribution is 5.14. The molecule has 1 fully saturated rings. The molecule has 0 radical (unpaired) electrons. The largest absolute Gasteiger partial charge is 0.313 e. The number of piperidine rings is 1. The molecule has 21 heavy (non-hydrogen) atoms. The molecule has 0 spiro atoms. The minimum Gasteiger partial charge on any atom is -0.313 e. The van der Waals surface area contributed by atoms with E-state index in [9.17, 15) is 0 Å². The third-order valence-corrected chi connectivity index (χ3v) is 4.22. The van der Waals surface area contributed by atoms with E-state index in [1.807, 2.05) is 0 Å². The van der Waals surface area contributed by atoms with Gasteiger partial charge < -0.3 is 10.2 Å². The average molecular weight is 289 g/mol. The van der Waals surface area contributed by atoms with Crippen molar-refractivity contribution in [3.05, 3.63) is 35.9 Å². The lowest BCUT2D eigenvalue weighted by Crippen LogP contribution is -2.45. The molecule has 1 aromatic carbocycles. The Bertz CT molecular complexity index is 377. The first kappa shape index (κ1) is 16.5. The van der Waals surface area contributed by atoms with Crippen molar-refractivity contribution in [1.82, 2.24) is 15.1 Å². The molecule has 0 saturated carbocycles. The second kappa shape index (κ2) is 9.19. The van der Waals surface area contributed by atoms with Gasteiger partial charge in [-0.3, -0.25) is 4.90 Å². The molecule has 1 aromatic rings. The number of likely N-dealkylation sites (tertiary alicyclic amines) is 1. The van der Waals surface area contributed by atoms with E-state index in [0.717, 1.165) is 13.1 Å². The Labute approximate surface area is 130 Å². The van der Waals surface area contributed by atoms with Crippen LogP contribution in [0.2, 0.25) is 0 Å². The van der Waals surface area contributed by atoms with Gasteiger partial charge in [0.05, 0.1) is 0 Å². The van der Waals surface area contributed by atoms with Crippen LogP contribution in [0.3, 0.4) is 0 Å². The van der Waals surface area contributed by atoms with Crippen LogP contribution in [0.5, 0.6) is 0 Å². The van der Waals surface area contributed by atoms with Gasteiger partial charge in [0.25, 0.3) is 0 Å². The summed E-state index contributed by atoms with van der Waals surface area (Å²) in [7, 11) is 4.30. The van der Waals surface area contributed by atoms with Crippen LogP contribution >= 0.6 is 0 Å². The van der Waals surface area contributed by atoms with Crippen LogP contribution in [-0.2, 0) is 6.54 Å². The molecule has 3 heteroatoms. The van der Waals surface area contributed by atoms with Gasteiger partial charge >= 0.3 is 0 Å². The molecule has 1 N–H and O–H groups in total. The zero-order chi connectivity index (χ0) is 14.9. The van der Waals surface area contributed by atoms with E-state index >= 15 is 0 Å². The van der Waals surface area contributed by atoms with E-state index in [4.69, 9.17) is 0 Å². The van der Waals surface area contributed by atoms with Gasteiger partial charge in [-0.1, -0.05) is 30.3 Å². The Kier molecular flexibility index (Phi) is 7.20. The van der Waals surface area contributed by atoms with Crippen molar-refractivity contribution in [3.8, 4) is 0 Å². The summed E-state index contributed by atoms with van der Waals surface area (Å²) in [4.78, 5) is 4.86. The quantitative estimate of drug-likeness (QED) is 0.742. The van der Waals surface area contributed by atoms with Crippen molar-refractivity contribution in [3.63, 3.8) is 0 Å². The van der Waals surface area contributed by atoms with Crippen molar-refractivity contribution >= 4 is 0 Å². The number of rotatable bonds is 8. The highest BCUT2D eigenvalue weighted by Crippen LogP contribution is 2.13. The molecular weight excluding hydrogens is 258 g/mol. The molecule has 0 aliphatic carbocycles. The zero-order valence-electron chi connectivity index (χ0n) is 13.7. The van der Waals surface area contributed by atoms with Crippen LogP contribution in [0.4, 0.5) is 0 Å². The summed E-state index contributed by atoms with van der Waals surface area (Å²) in [6.45, 7) is 5.90. The van der Waals surface area contributed by atoms with E-state index < -0.39 is 0 Å². The molecule has 1 saturated heterocycles. The molecule has 3 nitrogen and oxygen atoms in total. The summed E-state index contributed by atoms with van der Waals surface area (Å²) in [6, 6.07) is 11.5.